The Morgan fingerprint density at radius 3 is 2.60 bits per heavy atom. The topological polar surface area (TPSA) is 53.7 Å². The third-order valence-corrected chi connectivity index (χ3v) is 3.11. The van der Waals surface area contributed by atoms with Crippen LogP contribution in [0.4, 0.5) is 0 Å². The molecule has 1 unspecified atom stereocenters. The van der Waals surface area contributed by atoms with Crippen molar-refractivity contribution in [3.63, 3.8) is 0 Å². The van der Waals surface area contributed by atoms with Gasteiger partial charge < -0.3 is 19.9 Å². The molecule has 0 saturated heterocycles. The molecule has 0 amide bonds. The van der Waals surface area contributed by atoms with Gasteiger partial charge in [-0.1, -0.05) is 13.8 Å². The van der Waals surface area contributed by atoms with Crippen molar-refractivity contribution in [1.82, 2.24) is 0 Å². The largest absolute Gasteiger partial charge is 0.497 e. The zero-order valence-corrected chi connectivity index (χ0v) is 12.9. The highest BCUT2D eigenvalue weighted by atomic mass is 16.5. The Morgan fingerprint density at radius 1 is 1.15 bits per heavy atom. The minimum atomic E-state index is 0.140. The van der Waals surface area contributed by atoms with Crippen LogP contribution in [-0.4, -0.2) is 33.0 Å². The average molecular weight is 281 g/mol. The highest BCUT2D eigenvalue weighted by Crippen LogP contribution is 2.25. The van der Waals surface area contributed by atoms with Gasteiger partial charge >= 0.3 is 0 Å². The summed E-state index contributed by atoms with van der Waals surface area (Å²) in [5.74, 6) is 1.70. The molecular weight excluding hydrogens is 254 g/mol. The molecule has 1 aromatic rings. The van der Waals surface area contributed by atoms with Crippen LogP contribution in [0.3, 0.4) is 0 Å². The standard InChI is InChI=1S/C16H27NO3/c1-4-8-19-9-10-20-16-7-6-15(18-3)12-13(16)11-14(17)5-2/h6-7,12,14H,4-5,8-11,17H2,1-3H3. The lowest BCUT2D eigenvalue weighted by Gasteiger charge is -2.15. The van der Waals surface area contributed by atoms with Gasteiger partial charge in [0.1, 0.15) is 18.1 Å². The third-order valence-electron chi connectivity index (χ3n) is 3.11. The van der Waals surface area contributed by atoms with E-state index in [1.165, 1.54) is 0 Å². The first kappa shape index (κ1) is 16.8. The first-order valence-corrected chi connectivity index (χ1v) is 7.34. The molecule has 0 radical (unpaired) electrons. The summed E-state index contributed by atoms with van der Waals surface area (Å²) >= 11 is 0. The Labute approximate surface area is 122 Å². The number of benzene rings is 1. The summed E-state index contributed by atoms with van der Waals surface area (Å²) in [7, 11) is 1.66. The average Bonchev–Trinajstić information content (AvgIpc) is 2.48. The van der Waals surface area contributed by atoms with Crippen molar-refractivity contribution in [1.29, 1.82) is 0 Å². The molecule has 0 spiro atoms. The maximum atomic E-state index is 6.04. The predicted octanol–water partition coefficient (Wildman–Crippen LogP) is 2.78. The molecule has 0 heterocycles. The summed E-state index contributed by atoms with van der Waals surface area (Å²) in [6.45, 7) is 6.12. The fourth-order valence-corrected chi connectivity index (χ4v) is 1.87. The summed E-state index contributed by atoms with van der Waals surface area (Å²) in [5, 5.41) is 0. The summed E-state index contributed by atoms with van der Waals surface area (Å²) in [6, 6.07) is 5.98. The van der Waals surface area contributed by atoms with Crippen LogP contribution in [-0.2, 0) is 11.2 Å². The van der Waals surface area contributed by atoms with Crippen LogP contribution in [0.1, 0.15) is 32.3 Å². The minimum Gasteiger partial charge on any atom is -0.497 e. The number of hydrogen-bond acceptors (Lipinski definition) is 4. The van der Waals surface area contributed by atoms with Gasteiger partial charge in [0.25, 0.3) is 0 Å². The molecule has 0 bridgehead atoms. The first-order chi connectivity index (χ1) is 9.71. The minimum absolute atomic E-state index is 0.140. The van der Waals surface area contributed by atoms with Crippen molar-refractivity contribution in [3.05, 3.63) is 23.8 Å². The lowest BCUT2D eigenvalue weighted by atomic mass is 10.0. The van der Waals surface area contributed by atoms with Gasteiger partial charge in [-0.25, -0.2) is 0 Å². The summed E-state index contributed by atoms with van der Waals surface area (Å²) in [6.07, 6.45) is 2.76. The maximum absolute atomic E-state index is 6.04. The van der Waals surface area contributed by atoms with Crippen molar-refractivity contribution < 1.29 is 14.2 Å². The first-order valence-electron chi connectivity index (χ1n) is 7.34. The Kier molecular flexibility index (Phi) is 8.07. The van der Waals surface area contributed by atoms with Gasteiger partial charge in [0.05, 0.1) is 13.7 Å². The normalized spacial score (nSPS) is 12.2. The molecule has 0 aromatic heterocycles. The monoisotopic (exact) mass is 281 g/mol. The molecule has 114 valence electrons. The zero-order chi connectivity index (χ0) is 14.8. The fraction of sp³-hybridized carbons (Fsp3) is 0.625. The molecule has 0 aliphatic heterocycles. The van der Waals surface area contributed by atoms with Gasteiger partial charge in [0.2, 0.25) is 0 Å². The smallest absolute Gasteiger partial charge is 0.122 e. The van der Waals surface area contributed by atoms with Gasteiger partial charge in [0, 0.05) is 12.6 Å². The molecule has 0 saturated carbocycles. The van der Waals surface area contributed by atoms with Crippen molar-refractivity contribution in [2.75, 3.05) is 26.9 Å². The van der Waals surface area contributed by atoms with E-state index in [4.69, 9.17) is 19.9 Å². The molecule has 4 nitrogen and oxygen atoms in total. The maximum Gasteiger partial charge on any atom is 0.122 e. The molecule has 1 aromatic carbocycles. The van der Waals surface area contributed by atoms with E-state index < -0.39 is 0 Å². The van der Waals surface area contributed by atoms with Crippen LogP contribution in [0.15, 0.2) is 18.2 Å². The second kappa shape index (κ2) is 9.61. The van der Waals surface area contributed by atoms with Gasteiger partial charge in [-0.3, -0.25) is 0 Å². The number of rotatable bonds is 10. The fourth-order valence-electron chi connectivity index (χ4n) is 1.87. The van der Waals surface area contributed by atoms with Crippen LogP contribution >= 0.6 is 0 Å². The molecule has 1 atom stereocenters. The van der Waals surface area contributed by atoms with Crippen molar-refractivity contribution in [2.24, 2.45) is 5.73 Å². The van der Waals surface area contributed by atoms with Gasteiger partial charge in [-0.05, 0) is 43.0 Å². The number of methoxy groups -OCH3 is 1. The number of ether oxygens (including phenoxy) is 3. The summed E-state index contributed by atoms with van der Waals surface area (Å²) < 4.78 is 16.5. The van der Waals surface area contributed by atoms with Crippen LogP contribution in [0.5, 0.6) is 11.5 Å². The van der Waals surface area contributed by atoms with E-state index >= 15 is 0 Å². The molecular formula is C16H27NO3. The van der Waals surface area contributed by atoms with Crippen LogP contribution in [0, 0.1) is 0 Å². The lowest BCUT2D eigenvalue weighted by molar-refractivity contribution is 0.100. The van der Waals surface area contributed by atoms with Gasteiger partial charge in [-0.15, -0.1) is 0 Å². The Morgan fingerprint density at radius 2 is 1.95 bits per heavy atom. The van der Waals surface area contributed by atoms with Crippen LogP contribution in [0.25, 0.3) is 0 Å². The highest BCUT2D eigenvalue weighted by molar-refractivity contribution is 5.40. The molecule has 4 heteroatoms. The van der Waals surface area contributed by atoms with Crippen LogP contribution in [0.2, 0.25) is 0 Å². The summed E-state index contributed by atoms with van der Waals surface area (Å²) in [4.78, 5) is 0. The second-order valence-corrected chi connectivity index (χ2v) is 4.81. The van der Waals surface area contributed by atoms with Crippen molar-refractivity contribution >= 4 is 0 Å². The highest BCUT2D eigenvalue weighted by Gasteiger charge is 2.09. The Balaban J connectivity index is 2.62. The Hall–Kier alpha value is -1.26. The van der Waals surface area contributed by atoms with Gasteiger partial charge in [-0.2, -0.15) is 0 Å². The van der Waals surface area contributed by atoms with E-state index in [0.29, 0.717) is 13.2 Å². The van der Waals surface area contributed by atoms with Gasteiger partial charge in [0.15, 0.2) is 0 Å². The zero-order valence-electron chi connectivity index (χ0n) is 12.9. The molecule has 20 heavy (non-hydrogen) atoms. The van der Waals surface area contributed by atoms with Crippen LogP contribution < -0.4 is 15.2 Å². The quantitative estimate of drug-likeness (QED) is 0.670. The summed E-state index contributed by atoms with van der Waals surface area (Å²) in [5.41, 5.74) is 7.13. The predicted molar refractivity (Wildman–Crippen MR) is 81.6 cm³/mol. The van der Waals surface area contributed by atoms with Crippen molar-refractivity contribution in [2.45, 2.75) is 39.2 Å². The molecule has 2 N–H and O–H groups in total. The third kappa shape index (κ3) is 5.80. The van der Waals surface area contributed by atoms with E-state index in [9.17, 15) is 0 Å². The SMILES string of the molecule is CCCOCCOc1ccc(OC)cc1CC(N)CC. The molecule has 0 fully saturated rings. The van der Waals surface area contributed by atoms with E-state index in [2.05, 4.69) is 13.8 Å². The molecule has 1 rings (SSSR count). The second-order valence-electron chi connectivity index (χ2n) is 4.81. The van der Waals surface area contributed by atoms with E-state index in [-0.39, 0.29) is 6.04 Å². The van der Waals surface area contributed by atoms with E-state index in [1.54, 1.807) is 7.11 Å². The van der Waals surface area contributed by atoms with Crippen molar-refractivity contribution in [3.8, 4) is 11.5 Å². The lowest BCUT2D eigenvalue weighted by Crippen LogP contribution is -2.22. The molecule has 0 aliphatic rings. The molecule has 0 aliphatic carbocycles. The van der Waals surface area contributed by atoms with E-state index in [0.717, 1.165) is 42.9 Å². The van der Waals surface area contributed by atoms with E-state index in [1.807, 2.05) is 18.2 Å². The number of nitrogens with two attached hydrogens (primary N) is 1. The number of hydrogen-bond donors (Lipinski definition) is 1. The Bertz CT molecular complexity index is 382.